The van der Waals surface area contributed by atoms with E-state index in [1.54, 1.807) is 11.0 Å². The van der Waals surface area contributed by atoms with Gasteiger partial charge >= 0.3 is 0 Å². The third-order valence-electron chi connectivity index (χ3n) is 5.44. The van der Waals surface area contributed by atoms with E-state index < -0.39 is 6.04 Å². The number of rotatable bonds is 9. The molecule has 1 atom stereocenters. The molecule has 0 fully saturated rings. The highest BCUT2D eigenvalue weighted by Crippen LogP contribution is 2.21. The molecule has 0 saturated carbocycles. The molecule has 172 valence electrons. The molecular weight excluding hydrogens is 432 g/mol. The van der Waals surface area contributed by atoms with Crippen molar-refractivity contribution >= 4 is 23.4 Å². The maximum Gasteiger partial charge on any atom is 0.243 e. The largest absolute Gasteiger partial charge is 0.352 e. The monoisotopic (exact) mass is 462 g/mol. The van der Waals surface area contributed by atoms with Crippen molar-refractivity contribution in [2.45, 2.75) is 52.2 Å². The molecule has 0 bridgehead atoms. The van der Waals surface area contributed by atoms with Crippen LogP contribution < -0.4 is 5.32 Å². The zero-order valence-corrected chi connectivity index (χ0v) is 20.2. The van der Waals surface area contributed by atoms with Crippen LogP contribution >= 0.6 is 11.6 Å². The SMILES string of the molecule is Cc1cccc(CC(=O)N(Cc2ccccc2Cl)C(Cc2ccccc2)C(=O)NC(C)C)c1. The van der Waals surface area contributed by atoms with Crippen molar-refractivity contribution in [3.05, 3.63) is 106 Å². The lowest BCUT2D eigenvalue weighted by atomic mass is 10.0. The van der Waals surface area contributed by atoms with Gasteiger partial charge in [0, 0.05) is 24.0 Å². The summed E-state index contributed by atoms with van der Waals surface area (Å²) in [6.45, 7) is 6.10. The molecule has 1 unspecified atom stereocenters. The molecule has 0 heterocycles. The Balaban J connectivity index is 1.98. The smallest absolute Gasteiger partial charge is 0.243 e. The molecule has 1 N–H and O–H groups in total. The maximum absolute atomic E-state index is 13.7. The lowest BCUT2D eigenvalue weighted by Gasteiger charge is -2.32. The van der Waals surface area contributed by atoms with Crippen LogP contribution in [-0.4, -0.2) is 28.8 Å². The Bertz CT molecular complexity index is 1080. The zero-order valence-electron chi connectivity index (χ0n) is 19.4. The van der Waals surface area contributed by atoms with E-state index in [0.29, 0.717) is 11.4 Å². The first-order valence-corrected chi connectivity index (χ1v) is 11.6. The summed E-state index contributed by atoms with van der Waals surface area (Å²) in [5.74, 6) is -0.279. The van der Waals surface area contributed by atoms with E-state index in [2.05, 4.69) is 5.32 Å². The fourth-order valence-corrected chi connectivity index (χ4v) is 4.04. The van der Waals surface area contributed by atoms with Gasteiger partial charge in [0.2, 0.25) is 11.8 Å². The highest BCUT2D eigenvalue weighted by molar-refractivity contribution is 6.31. The summed E-state index contributed by atoms with van der Waals surface area (Å²) in [6.07, 6.45) is 0.635. The number of nitrogens with zero attached hydrogens (tertiary/aromatic N) is 1. The van der Waals surface area contributed by atoms with Gasteiger partial charge in [0.15, 0.2) is 0 Å². The molecule has 0 aliphatic rings. The van der Waals surface area contributed by atoms with E-state index >= 15 is 0 Å². The molecule has 0 spiro atoms. The first-order chi connectivity index (χ1) is 15.8. The molecule has 0 radical (unpaired) electrons. The predicted molar refractivity (Wildman–Crippen MR) is 134 cm³/mol. The first kappa shape index (κ1) is 24.5. The van der Waals surface area contributed by atoms with Crippen molar-refractivity contribution in [2.75, 3.05) is 0 Å². The van der Waals surface area contributed by atoms with Crippen LogP contribution in [0.1, 0.15) is 36.1 Å². The number of nitrogens with one attached hydrogen (secondary N) is 1. The summed E-state index contributed by atoms with van der Waals surface area (Å²) >= 11 is 6.44. The Hall–Kier alpha value is -3.11. The molecule has 2 amide bonds. The van der Waals surface area contributed by atoms with Crippen LogP contribution in [0.15, 0.2) is 78.9 Å². The average Bonchev–Trinajstić information content (AvgIpc) is 2.77. The number of hydrogen-bond donors (Lipinski definition) is 1. The van der Waals surface area contributed by atoms with Gasteiger partial charge in [-0.05, 0) is 43.5 Å². The van der Waals surface area contributed by atoms with Crippen LogP contribution in [-0.2, 0) is 29.0 Å². The highest BCUT2D eigenvalue weighted by Gasteiger charge is 2.31. The second-order valence-electron chi connectivity index (χ2n) is 8.65. The van der Waals surface area contributed by atoms with Crippen molar-refractivity contribution in [1.29, 1.82) is 0 Å². The Kier molecular flexibility index (Phi) is 8.67. The fraction of sp³-hybridized carbons (Fsp3) is 0.286. The first-order valence-electron chi connectivity index (χ1n) is 11.3. The molecule has 5 heteroatoms. The summed E-state index contributed by atoms with van der Waals surface area (Å²) in [4.78, 5) is 28.7. The molecule has 3 aromatic carbocycles. The second-order valence-corrected chi connectivity index (χ2v) is 9.05. The standard InChI is InChI=1S/C28H31ClN2O2/c1-20(2)30-28(33)26(17-22-11-5-4-6-12-22)31(19-24-14-7-8-15-25(24)29)27(32)18-23-13-9-10-21(3)16-23/h4-16,20,26H,17-19H2,1-3H3,(H,30,33). The van der Waals surface area contributed by atoms with Gasteiger partial charge in [0.1, 0.15) is 6.04 Å². The number of hydrogen-bond acceptors (Lipinski definition) is 2. The topological polar surface area (TPSA) is 49.4 Å². The molecule has 4 nitrogen and oxygen atoms in total. The van der Waals surface area contributed by atoms with Gasteiger partial charge in [0.05, 0.1) is 6.42 Å². The molecule has 0 aromatic heterocycles. The number of halogens is 1. The molecule has 33 heavy (non-hydrogen) atoms. The van der Waals surface area contributed by atoms with E-state index in [0.717, 1.165) is 22.3 Å². The lowest BCUT2D eigenvalue weighted by Crippen LogP contribution is -2.52. The van der Waals surface area contributed by atoms with Gasteiger partial charge in [-0.25, -0.2) is 0 Å². The zero-order chi connectivity index (χ0) is 23.8. The number of aryl methyl sites for hydroxylation is 1. The third-order valence-corrected chi connectivity index (χ3v) is 5.81. The van der Waals surface area contributed by atoms with Gasteiger partial charge in [-0.3, -0.25) is 9.59 Å². The summed E-state index contributed by atoms with van der Waals surface area (Å²) in [7, 11) is 0. The number of carbonyl (C=O) groups is 2. The minimum absolute atomic E-state index is 0.0372. The van der Waals surface area contributed by atoms with Crippen LogP contribution in [0, 0.1) is 6.92 Å². The van der Waals surface area contributed by atoms with Gasteiger partial charge in [0.25, 0.3) is 0 Å². The second kappa shape index (κ2) is 11.7. The fourth-order valence-electron chi connectivity index (χ4n) is 3.84. The normalized spacial score (nSPS) is 11.8. The Morgan fingerprint density at radius 3 is 2.24 bits per heavy atom. The third kappa shape index (κ3) is 7.19. The van der Waals surface area contributed by atoms with Crippen molar-refractivity contribution in [3.8, 4) is 0 Å². The number of carbonyl (C=O) groups excluding carboxylic acids is 2. The summed E-state index contributed by atoms with van der Waals surface area (Å²) < 4.78 is 0. The van der Waals surface area contributed by atoms with E-state index in [1.165, 1.54) is 0 Å². The van der Waals surface area contributed by atoms with Crippen LogP contribution in [0.5, 0.6) is 0 Å². The predicted octanol–water partition coefficient (Wildman–Crippen LogP) is 5.36. The quantitative estimate of drug-likeness (QED) is 0.465. The van der Waals surface area contributed by atoms with Gasteiger partial charge in [-0.15, -0.1) is 0 Å². The Morgan fingerprint density at radius 2 is 1.58 bits per heavy atom. The molecule has 0 aliphatic heterocycles. The summed E-state index contributed by atoms with van der Waals surface area (Å²) in [5.41, 5.74) is 3.82. The molecule has 3 rings (SSSR count). The maximum atomic E-state index is 13.7. The molecule has 0 aliphatic carbocycles. The van der Waals surface area contributed by atoms with Crippen LogP contribution in [0.2, 0.25) is 5.02 Å². The lowest BCUT2D eigenvalue weighted by molar-refractivity contribution is -0.141. The van der Waals surface area contributed by atoms with Crippen LogP contribution in [0.4, 0.5) is 0 Å². The highest BCUT2D eigenvalue weighted by atomic mass is 35.5. The number of benzene rings is 3. The average molecular weight is 463 g/mol. The van der Waals surface area contributed by atoms with E-state index in [-0.39, 0.29) is 30.8 Å². The van der Waals surface area contributed by atoms with Crippen molar-refractivity contribution < 1.29 is 9.59 Å². The van der Waals surface area contributed by atoms with E-state index in [9.17, 15) is 9.59 Å². The van der Waals surface area contributed by atoms with Crippen LogP contribution in [0.3, 0.4) is 0 Å². The van der Waals surface area contributed by atoms with E-state index in [1.807, 2.05) is 93.6 Å². The summed E-state index contributed by atoms with van der Waals surface area (Å²) in [5, 5.41) is 3.58. The molecular formula is C28H31ClN2O2. The Labute approximate surface area is 201 Å². The molecule has 0 saturated heterocycles. The van der Waals surface area contributed by atoms with Crippen molar-refractivity contribution in [1.82, 2.24) is 10.2 Å². The van der Waals surface area contributed by atoms with Crippen molar-refractivity contribution in [3.63, 3.8) is 0 Å². The summed E-state index contributed by atoms with van der Waals surface area (Å²) in [6, 6.07) is 24.4. The Morgan fingerprint density at radius 1 is 0.909 bits per heavy atom. The minimum atomic E-state index is -0.664. The van der Waals surface area contributed by atoms with E-state index in [4.69, 9.17) is 11.6 Å². The minimum Gasteiger partial charge on any atom is -0.352 e. The van der Waals surface area contributed by atoms with Gasteiger partial charge < -0.3 is 10.2 Å². The van der Waals surface area contributed by atoms with Gasteiger partial charge in [-0.2, -0.15) is 0 Å². The van der Waals surface area contributed by atoms with Gasteiger partial charge in [-0.1, -0.05) is 90.0 Å². The van der Waals surface area contributed by atoms with Crippen LogP contribution in [0.25, 0.3) is 0 Å². The van der Waals surface area contributed by atoms with Crippen molar-refractivity contribution in [2.24, 2.45) is 0 Å². The molecule has 3 aromatic rings. The number of amides is 2.